The molecule has 1 N–H and O–H groups in total. The number of aliphatic carboxylic acids is 1. The Morgan fingerprint density at radius 3 is 2.81 bits per heavy atom. The van der Waals surface area contributed by atoms with Crippen molar-refractivity contribution in [3.63, 3.8) is 0 Å². The maximum atomic E-state index is 12.7. The molecule has 1 aromatic rings. The minimum absolute atomic E-state index is 0.0670. The largest absolute Gasteiger partial charge is 0.481 e. The maximum absolute atomic E-state index is 12.7. The van der Waals surface area contributed by atoms with E-state index in [-0.39, 0.29) is 11.8 Å². The molecule has 2 aliphatic rings. The first-order valence-electron chi connectivity index (χ1n) is 7.67. The van der Waals surface area contributed by atoms with Gasteiger partial charge in [0.15, 0.2) is 0 Å². The molecule has 1 aliphatic heterocycles. The van der Waals surface area contributed by atoms with Gasteiger partial charge in [0.05, 0.1) is 11.3 Å². The molecule has 1 fully saturated rings. The molecular weight excluding hydrogens is 266 g/mol. The fourth-order valence-electron chi connectivity index (χ4n) is 3.63. The number of rotatable bonds is 3. The topological polar surface area (TPSA) is 57.6 Å². The van der Waals surface area contributed by atoms with E-state index in [1.165, 1.54) is 5.56 Å². The van der Waals surface area contributed by atoms with E-state index in [9.17, 15) is 14.7 Å². The van der Waals surface area contributed by atoms with E-state index in [2.05, 4.69) is 6.07 Å². The minimum Gasteiger partial charge on any atom is -0.481 e. The molecule has 1 amide bonds. The summed E-state index contributed by atoms with van der Waals surface area (Å²) in [6.07, 6.45) is 2.81. The Kier molecular flexibility index (Phi) is 3.47. The van der Waals surface area contributed by atoms with Crippen LogP contribution in [0.2, 0.25) is 0 Å². The zero-order valence-corrected chi connectivity index (χ0v) is 12.3. The summed E-state index contributed by atoms with van der Waals surface area (Å²) in [5.74, 6) is -0.730. The summed E-state index contributed by atoms with van der Waals surface area (Å²) in [7, 11) is 0. The molecule has 2 unspecified atom stereocenters. The standard InChI is InChI=1S/C17H21NO3/c1-2-17(16(20)21)8-5-9-18(11-17)15(19)14-10-12-6-3-4-7-13(12)14/h3-4,6-7,14H,2,5,8-11H2,1H3,(H,20,21). The first-order chi connectivity index (χ1) is 10.1. The highest BCUT2D eigenvalue weighted by Gasteiger charge is 2.44. The third kappa shape index (κ3) is 2.23. The summed E-state index contributed by atoms with van der Waals surface area (Å²) in [4.78, 5) is 26.1. The fraction of sp³-hybridized carbons (Fsp3) is 0.529. The number of hydrogen-bond acceptors (Lipinski definition) is 2. The van der Waals surface area contributed by atoms with Crippen LogP contribution in [0.25, 0.3) is 0 Å². The van der Waals surface area contributed by atoms with Crippen molar-refractivity contribution in [1.29, 1.82) is 0 Å². The van der Waals surface area contributed by atoms with E-state index in [0.717, 1.165) is 18.4 Å². The normalized spacial score (nSPS) is 27.7. The van der Waals surface area contributed by atoms with Gasteiger partial charge < -0.3 is 10.0 Å². The van der Waals surface area contributed by atoms with Crippen molar-refractivity contribution in [2.75, 3.05) is 13.1 Å². The third-order valence-corrected chi connectivity index (χ3v) is 5.17. The molecule has 0 aromatic heterocycles. The molecule has 1 aromatic carbocycles. The van der Waals surface area contributed by atoms with Crippen LogP contribution in [0.5, 0.6) is 0 Å². The number of carbonyl (C=O) groups excluding carboxylic acids is 1. The average molecular weight is 287 g/mol. The van der Waals surface area contributed by atoms with Crippen LogP contribution < -0.4 is 0 Å². The van der Waals surface area contributed by atoms with Gasteiger partial charge in [-0.3, -0.25) is 9.59 Å². The fourth-order valence-corrected chi connectivity index (χ4v) is 3.63. The van der Waals surface area contributed by atoms with Crippen LogP contribution in [0.4, 0.5) is 0 Å². The number of likely N-dealkylation sites (tertiary alicyclic amines) is 1. The lowest BCUT2D eigenvalue weighted by Gasteiger charge is -2.42. The average Bonchev–Trinajstić information content (AvgIpc) is 2.48. The van der Waals surface area contributed by atoms with Gasteiger partial charge in [-0.25, -0.2) is 0 Å². The van der Waals surface area contributed by atoms with Crippen LogP contribution in [-0.2, 0) is 16.0 Å². The van der Waals surface area contributed by atoms with E-state index in [4.69, 9.17) is 0 Å². The van der Waals surface area contributed by atoms with E-state index in [1.807, 2.05) is 25.1 Å². The van der Waals surface area contributed by atoms with Crippen molar-refractivity contribution < 1.29 is 14.7 Å². The molecule has 1 saturated heterocycles. The van der Waals surface area contributed by atoms with E-state index in [1.54, 1.807) is 4.90 Å². The van der Waals surface area contributed by atoms with Crippen molar-refractivity contribution in [3.8, 4) is 0 Å². The Hall–Kier alpha value is -1.84. The Labute approximate surface area is 124 Å². The van der Waals surface area contributed by atoms with Gasteiger partial charge in [0.1, 0.15) is 0 Å². The second-order valence-electron chi connectivity index (χ2n) is 6.26. The Morgan fingerprint density at radius 2 is 2.14 bits per heavy atom. The highest BCUT2D eigenvalue weighted by molar-refractivity contribution is 5.88. The van der Waals surface area contributed by atoms with Crippen LogP contribution >= 0.6 is 0 Å². The summed E-state index contributed by atoms with van der Waals surface area (Å²) in [5.41, 5.74) is 1.61. The van der Waals surface area contributed by atoms with Crippen molar-refractivity contribution >= 4 is 11.9 Å². The highest BCUT2D eigenvalue weighted by atomic mass is 16.4. The molecule has 0 spiro atoms. The van der Waals surface area contributed by atoms with Gasteiger partial charge in [-0.1, -0.05) is 31.2 Å². The number of amides is 1. The van der Waals surface area contributed by atoms with Gasteiger partial charge in [-0.2, -0.15) is 0 Å². The number of fused-ring (bicyclic) bond motifs is 1. The molecule has 0 bridgehead atoms. The zero-order valence-electron chi connectivity index (χ0n) is 12.3. The number of piperidine rings is 1. The molecule has 1 aliphatic carbocycles. The molecule has 4 heteroatoms. The second kappa shape index (κ2) is 5.17. The number of hydrogen-bond donors (Lipinski definition) is 1. The number of carboxylic acid groups (broad SMARTS) is 1. The molecule has 0 radical (unpaired) electrons. The van der Waals surface area contributed by atoms with Crippen LogP contribution in [-0.4, -0.2) is 35.0 Å². The second-order valence-corrected chi connectivity index (χ2v) is 6.26. The van der Waals surface area contributed by atoms with Crippen molar-refractivity contribution in [2.24, 2.45) is 5.41 Å². The predicted octanol–water partition coefficient (Wildman–Crippen LogP) is 2.43. The summed E-state index contributed by atoms with van der Waals surface area (Å²) >= 11 is 0. The molecule has 2 atom stereocenters. The molecule has 112 valence electrons. The van der Waals surface area contributed by atoms with Crippen LogP contribution in [0.1, 0.15) is 43.2 Å². The minimum atomic E-state index is -0.767. The first-order valence-corrected chi connectivity index (χ1v) is 7.67. The van der Waals surface area contributed by atoms with Gasteiger partial charge in [-0.15, -0.1) is 0 Å². The SMILES string of the molecule is CCC1(C(=O)O)CCCN(C(=O)C2Cc3ccccc32)C1. The maximum Gasteiger partial charge on any atom is 0.311 e. The van der Waals surface area contributed by atoms with Gasteiger partial charge in [-0.05, 0) is 36.8 Å². The predicted molar refractivity (Wildman–Crippen MR) is 79.1 cm³/mol. The molecule has 3 rings (SSSR count). The molecule has 1 heterocycles. The molecule has 4 nitrogen and oxygen atoms in total. The Balaban J connectivity index is 1.76. The lowest BCUT2D eigenvalue weighted by molar-refractivity contribution is -0.155. The molecule has 21 heavy (non-hydrogen) atoms. The monoisotopic (exact) mass is 287 g/mol. The molecular formula is C17H21NO3. The van der Waals surface area contributed by atoms with Crippen molar-refractivity contribution in [3.05, 3.63) is 35.4 Å². The van der Waals surface area contributed by atoms with Gasteiger partial charge in [0, 0.05) is 13.1 Å². The van der Waals surface area contributed by atoms with E-state index in [0.29, 0.717) is 25.9 Å². The van der Waals surface area contributed by atoms with Crippen LogP contribution in [0.3, 0.4) is 0 Å². The number of benzene rings is 1. The quantitative estimate of drug-likeness (QED) is 0.929. The Morgan fingerprint density at radius 1 is 1.38 bits per heavy atom. The Bertz CT molecular complexity index is 583. The summed E-state index contributed by atoms with van der Waals surface area (Å²) in [5, 5.41) is 9.52. The molecule has 0 saturated carbocycles. The van der Waals surface area contributed by atoms with Crippen molar-refractivity contribution in [1.82, 2.24) is 4.90 Å². The number of nitrogens with zero attached hydrogens (tertiary/aromatic N) is 1. The van der Waals surface area contributed by atoms with Crippen LogP contribution in [0.15, 0.2) is 24.3 Å². The number of carboxylic acids is 1. The van der Waals surface area contributed by atoms with Crippen LogP contribution in [0, 0.1) is 5.41 Å². The first kappa shape index (κ1) is 14.1. The van der Waals surface area contributed by atoms with Crippen molar-refractivity contribution in [2.45, 2.75) is 38.5 Å². The van der Waals surface area contributed by atoms with E-state index < -0.39 is 11.4 Å². The summed E-state index contributed by atoms with van der Waals surface area (Å²) in [6, 6.07) is 8.02. The van der Waals surface area contributed by atoms with Gasteiger partial charge in [0.25, 0.3) is 0 Å². The van der Waals surface area contributed by atoms with Gasteiger partial charge >= 0.3 is 5.97 Å². The lowest BCUT2D eigenvalue weighted by atomic mass is 9.74. The summed E-state index contributed by atoms with van der Waals surface area (Å²) in [6.45, 7) is 2.95. The third-order valence-electron chi connectivity index (χ3n) is 5.17. The van der Waals surface area contributed by atoms with E-state index >= 15 is 0 Å². The summed E-state index contributed by atoms with van der Waals surface area (Å²) < 4.78 is 0. The highest BCUT2D eigenvalue weighted by Crippen LogP contribution is 2.39. The zero-order chi connectivity index (χ0) is 15.0. The van der Waals surface area contributed by atoms with Gasteiger partial charge in [0.2, 0.25) is 5.91 Å². The lowest BCUT2D eigenvalue weighted by Crippen LogP contribution is -2.51. The number of carbonyl (C=O) groups is 2. The smallest absolute Gasteiger partial charge is 0.311 e.